The van der Waals surface area contributed by atoms with Crippen LogP contribution in [0.4, 0.5) is 0 Å². The quantitative estimate of drug-likeness (QED) is 0.592. The van der Waals surface area contributed by atoms with Crippen molar-refractivity contribution in [2.75, 3.05) is 19.6 Å². The first-order valence-electron chi connectivity index (χ1n) is 8.80. The Bertz CT molecular complexity index is 787. The van der Waals surface area contributed by atoms with Gasteiger partial charge in [-0.25, -0.2) is 0 Å². The summed E-state index contributed by atoms with van der Waals surface area (Å²) < 4.78 is 0. The fourth-order valence-electron chi connectivity index (χ4n) is 4.01. The van der Waals surface area contributed by atoms with E-state index in [-0.39, 0.29) is 24.8 Å². The SMILES string of the molecule is NCC1(O)CN(Cc2ccc3c(c2)CN(C2CCC(=O)NC2=O)C3=O)C1. The minimum absolute atomic E-state index is 0.164. The van der Waals surface area contributed by atoms with Gasteiger partial charge in [-0.15, -0.1) is 0 Å². The number of carbonyl (C=O) groups is 3. The zero-order valence-electron chi connectivity index (χ0n) is 14.4. The zero-order valence-corrected chi connectivity index (χ0v) is 14.4. The molecule has 0 spiro atoms. The molecular formula is C18H22N4O4. The summed E-state index contributed by atoms with van der Waals surface area (Å²) in [5.41, 5.74) is 7.33. The summed E-state index contributed by atoms with van der Waals surface area (Å²) >= 11 is 0. The lowest BCUT2D eigenvalue weighted by Gasteiger charge is -2.46. The third-order valence-electron chi connectivity index (χ3n) is 5.41. The molecule has 8 heteroatoms. The lowest BCUT2D eigenvalue weighted by Crippen LogP contribution is -2.64. The van der Waals surface area contributed by atoms with E-state index in [1.807, 2.05) is 12.1 Å². The molecule has 3 aliphatic rings. The molecule has 3 aliphatic heterocycles. The van der Waals surface area contributed by atoms with Gasteiger partial charge in [-0.2, -0.15) is 0 Å². The van der Waals surface area contributed by atoms with Crippen molar-refractivity contribution < 1.29 is 19.5 Å². The number of imide groups is 1. The largest absolute Gasteiger partial charge is 0.386 e. The molecular weight excluding hydrogens is 336 g/mol. The van der Waals surface area contributed by atoms with Crippen molar-refractivity contribution in [2.45, 2.75) is 37.6 Å². The highest BCUT2D eigenvalue weighted by molar-refractivity contribution is 6.05. The predicted molar refractivity (Wildman–Crippen MR) is 91.8 cm³/mol. The first kappa shape index (κ1) is 17.1. The summed E-state index contributed by atoms with van der Waals surface area (Å²) in [7, 11) is 0. The van der Waals surface area contributed by atoms with Crippen molar-refractivity contribution in [2.24, 2.45) is 5.73 Å². The molecule has 26 heavy (non-hydrogen) atoms. The molecule has 1 atom stereocenters. The molecule has 2 fully saturated rings. The maximum atomic E-state index is 12.7. The van der Waals surface area contributed by atoms with Crippen LogP contribution in [-0.2, 0) is 22.7 Å². The van der Waals surface area contributed by atoms with Crippen LogP contribution in [0.2, 0.25) is 0 Å². The molecule has 4 rings (SSSR count). The van der Waals surface area contributed by atoms with Gasteiger partial charge in [-0.1, -0.05) is 12.1 Å². The maximum absolute atomic E-state index is 12.7. The zero-order chi connectivity index (χ0) is 18.5. The van der Waals surface area contributed by atoms with Gasteiger partial charge in [0.05, 0.1) is 0 Å². The van der Waals surface area contributed by atoms with E-state index in [1.165, 1.54) is 0 Å². The highest BCUT2D eigenvalue weighted by Crippen LogP contribution is 2.29. The van der Waals surface area contributed by atoms with E-state index < -0.39 is 17.6 Å². The van der Waals surface area contributed by atoms with Crippen LogP contribution in [-0.4, -0.2) is 63.9 Å². The lowest BCUT2D eigenvalue weighted by atomic mass is 9.93. The van der Waals surface area contributed by atoms with Gasteiger partial charge in [0.2, 0.25) is 11.8 Å². The molecule has 3 amide bonds. The van der Waals surface area contributed by atoms with Crippen molar-refractivity contribution >= 4 is 17.7 Å². The van der Waals surface area contributed by atoms with Crippen LogP contribution in [0.5, 0.6) is 0 Å². The number of fused-ring (bicyclic) bond motifs is 1. The molecule has 0 aromatic heterocycles. The van der Waals surface area contributed by atoms with E-state index in [4.69, 9.17) is 5.73 Å². The Balaban J connectivity index is 1.45. The summed E-state index contributed by atoms with van der Waals surface area (Å²) in [5, 5.41) is 12.3. The van der Waals surface area contributed by atoms with E-state index in [0.29, 0.717) is 38.2 Å². The Labute approximate surface area is 150 Å². The van der Waals surface area contributed by atoms with E-state index in [0.717, 1.165) is 11.1 Å². The number of carbonyl (C=O) groups excluding carboxylic acids is 3. The molecule has 8 nitrogen and oxygen atoms in total. The Morgan fingerprint density at radius 2 is 2.04 bits per heavy atom. The summed E-state index contributed by atoms with van der Waals surface area (Å²) in [6.45, 7) is 2.40. The molecule has 0 radical (unpaired) electrons. The highest BCUT2D eigenvalue weighted by atomic mass is 16.3. The number of hydrogen-bond acceptors (Lipinski definition) is 6. The van der Waals surface area contributed by atoms with Gasteiger partial charge < -0.3 is 15.7 Å². The van der Waals surface area contributed by atoms with Crippen LogP contribution in [0.25, 0.3) is 0 Å². The minimum atomic E-state index is -0.782. The van der Waals surface area contributed by atoms with Crippen LogP contribution >= 0.6 is 0 Å². The molecule has 3 heterocycles. The molecule has 1 aromatic rings. The number of hydrogen-bond donors (Lipinski definition) is 3. The number of rotatable bonds is 4. The lowest BCUT2D eigenvalue weighted by molar-refractivity contribution is -0.136. The molecule has 0 bridgehead atoms. The summed E-state index contributed by atoms with van der Waals surface area (Å²) in [6, 6.07) is 5.10. The number of nitrogens with one attached hydrogen (secondary N) is 1. The second-order valence-electron chi connectivity index (χ2n) is 7.47. The first-order chi connectivity index (χ1) is 12.4. The van der Waals surface area contributed by atoms with Crippen molar-refractivity contribution in [3.05, 3.63) is 34.9 Å². The van der Waals surface area contributed by atoms with Crippen LogP contribution in [0.15, 0.2) is 18.2 Å². The topological polar surface area (TPSA) is 116 Å². The standard InChI is InChI=1S/C18H22N4O4/c19-8-18(26)9-21(10-18)6-11-1-2-13-12(5-11)7-22(17(13)25)14-3-4-15(23)20-16(14)24/h1-2,5,14,26H,3-4,6-10,19H2,(H,20,23,24). The number of piperidine rings is 1. The molecule has 1 aromatic carbocycles. The van der Waals surface area contributed by atoms with Crippen molar-refractivity contribution in [1.82, 2.24) is 15.1 Å². The number of aliphatic hydroxyl groups is 1. The summed E-state index contributed by atoms with van der Waals surface area (Å²) in [6.07, 6.45) is 0.615. The van der Waals surface area contributed by atoms with Gasteiger partial charge in [0.15, 0.2) is 0 Å². The highest BCUT2D eigenvalue weighted by Gasteiger charge is 2.41. The van der Waals surface area contributed by atoms with Crippen molar-refractivity contribution in [1.29, 1.82) is 0 Å². The fourth-order valence-corrected chi connectivity index (χ4v) is 4.01. The number of nitrogens with two attached hydrogens (primary N) is 1. The van der Waals surface area contributed by atoms with Crippen LogP contribution in [0, 0.1) is 0 Å². The van der Waals surface area contributed by atoms with E-state index in [1.54, 1.807) is 11.0 Å². The second-order valence-corrected chi connectivity index (χ2v) is 7.47. The minimum Gasteiger partial charge on any atom is -0.386 e. The Hall–Kier alpha value is -2.29. The Morgan fingerprint density at radius 1 is 1.27 bits per heavy atom. The monoisotopic (exact) mass is 358 g/mol. The van der Waals surface area contributed by atoms with Gasteiger partial charge in [-0.05, 0) is 23.6 Å². The number of amides is 3. The fraction of sp³-hybridized carbons (Fsp3) is 0.500. The van der Waals surface area contributed by atoms with E-state index in [9.17, 15) is 19.5 Å². The third-order valence-corrected chi connectivity index (χ3v) is 5.41. The van der Waals surface area contributed by atoms with Crippen LogP contribution in [0.3, 0.4) is 0 Å². The summed E-state index contributed by atoms with van der Waals surface area (Å²) in [5.74, 6) is -0.850. The van der Waals surface area contributed by atoms with E-state index in [2.05, 4.69) is 10.2 Å². The van der Waals surface area contributed by atoms with E-state index >= 15 is 0 Å². The van der Waals surface area contributed by atoms with Gasteiger partial charge in [0.25, 0.3) is 5.91 Å². The average molecular weight is 358 g/mol. The first-order valence-corrected chi connectivity index (χ1v) is 8.80. The van der Waals surface area contributed by atoms with Crippen LogP contribution < -0.4 is 11.1 Å². The van der Waals surface area contributed by atoms with Crippen molar-refractivity contribution in [3.63, 3.8) is 0 Å². The molecule has 1 unspecified atom stereocenters. The van der Waals surface area contributed by atoms with Gasteiger partial charge >= 0.3 is 0 Å². The molecule has 138 valence electrons. The van der Waals surface area contributed by atoms with Gasteiger partial charge in [0, 0.05) is 44.7 Å². The van der Waals surface area contributed by atoms with Gasteiger partial charge in [0.1, 0.15) is 11.6 Å². The smallest absolute Gasteiger partial charge is 0.255 e. The maximum Gasteiger partial charge on any atom is 0.255 e. The number of β-amino-alcohol motifs (C(OH)–C–C–N with tert-alkyl or cyclic N) is 1. The Kier molecular flexibility index (Phi) is 4.06. The van der Waals surface area contributed by atoms with Crippen molar-refractivity contribution in [3.8, 4) is 0 Å². The molecule has 2 saturated heterocycles. The third kappa shape index (κ3) is 2.90. The Morgan fingerprint density at radius 3 is 2.73 bits per heavy atom. The average Bonchev–Trinajstić information content (AvgIpc) is 2.89. The van der Waals surface area contributed by atoms with Gasteiger partial charge in [-0.3, -0.25) is 24.6 Å². The predicted octanol–water partition coefficient (Wildman–Crippen LogP) is -1.05. The molecule has 0 saturated carbocycles. The number of nitrogens with zero attached hydrogens (tertiary/aromatic N) is 2. The normalized spacial score (nSPS) is 25.1. The number of benzene rings is 1. The molecule has 0 aliphatic carbocycles. The number of likely N-dealkylation sites (tertiary alicyclic amines) is 1. The summed E-state index contributed by atoms with van der Waals surface area (Å²) in [4.78, 5) is 39.7. The second kappa shape index (κ2) is 6.15. The molecule has 4 N–H and O–H groups in total. The van der Waals surface area contributed by atoms with Crippen LogP contribution in [0.1, 0.15) is 34.3 Å².